The fourth-order valence-electron chi connectivity index (χ4n) is 0.708. The number of hydrogen-bond donors (Lipinski definition) is 2. The molecule has 0 saturated heterocycles. The van der Waals surface area contributed by atoms with Gasteiger partial charge < -0.3 is 10.5 Å². The molecule has 0 aliphatic rings. The van der Waals surface area contributed by atoms with E-state index in [2.05, 4.69) is 11.7 Å². The third-order valence-electron chi connectivity index (χ3n) is 2.21. The van der Waals surface area contributed by atoms with E-state index in [1.807, 2.05) is 0 Å². The molecule has 17 heavy (non-hydrogen) atoms. The molecule has 0 aliphatic heterocycles. The van der Waals surface area contributed by atoms with Crippen molar-refractivity contribution in [2.45, 2.75) is 25.1 Å². The molecule has 0 saturated carbocycles. The van der Waals surface area contributed by atoms with Crippen molar-refractivity contribution in [3.63, 3.8) is 0 Å². The number of methoxy groups -OCH3 is 1. The van der Waals surface area contributed by atoms with Gasteiger partial charge in [0.25, 0.3) is 10.1 Å². The minimum atomic E-state index is -4.52. The van der Waals surface area contributed by atoms with E-state index in [1.165, 1.54) is 14.1 Å². The average molecular weight is 270 g/mol. The van der Waals surface area contributed by atoms with Crippen LogP contribution < -0.4 is 5.73 Å². The van der Waals surface area contributed by atoms with Gasteiger partial charge in [0.2, 0.25) is 4.87 Å². The van der Waals surface area contributed by atoms with Gasteiger partial charge in [0.1, 0.15) is 0 Å². The normalized spacial score (nSPS) is 14.6. The fraction of sp³-hybridized carbons (Fsp3) is 0.889. The van der Waals surface area contributed by atoms with Gasteiger partial charge in [-0.05, 0) is 34.0 Å². The first-order valence-electron chi connectivity index (χ1n) is 5.02. The third kappa shape index (κ3) is 4.99. The van der Waals surface area contributed by atoms with Crippen LogP contribution in [0.1, 0.15) is 20.3 Å². The Balaban J connectivity index is 0. The highest BCUT2D eigenvalue weighted by molar-refractivity contribution is 7.88. The molecule has 0 aromatic heterocycles. The smallest absolute Gasteiger partial charge is 0.344 e. The lowest BCUT2D eigenvalue weighted by atomic mass is 10.3. The summed E-state index contributed by atoms with van der Waals surface area (Å²) in [6.45, 7) is 3.94. The number of nitrogens with zero attached hydrogens (tertiary/aromatic N) is 1. The number of hydrogen-bond acceptors (Lipinski definition) is 6. The largest absolute Gasteiger partial charge is 0.467 e. The van der Waals surface area contributed by atoms with Crippen LogP contribution in [0.3, 0.4) is 0 Å². The van der Waals surface area contributed by atoms with Gasteiger partial charge in [-0.3, -0.25) is 9.45 Å². The van der Waals surface area contributed by atoms with Gasteiger partial charge >= 0.3 is 5.97 Å². The molecular weight excluding hydrogens is 248 g/mol. The SMILES string of the molecule is CCCN.COC(=O)C(C)(N(C)C)S(=O)(=O)O. The van der Waals surface area contributed by atoms with E-state index in [0.29, 0.717) is 0 Å². The van der Waals surface area contributed by atoms with Gasteiger partial charge in [-0.1, -0.05) is 6.92 Å². The van der Waals surface area contributed by atoms with Crippen LogP contribution in [-0.2, 0) is 19.6 Å². The molecule has 0 spiro atoms. The van der Waals surface area contributed by atoms with E-state index >= 15 is 0 Å². The molecule has 0 aromatic carbocycles. The zero-order valence-corrected chi connectivity index (χ0v) is 11.7. The van der Waals surface area contributed by atoms with Gasteiger partial charge in [0, 0.05) is 0 Å². The van der Waals surface area contributed by atoms with E-state index in [4.69, 9.17) is 10.3 Å². The van der Waals surface area contributed by atoms with Crippen molar-refractivity contribution in [2.24, 2.45) is 5.73 Å². The molecule has 3 N–H and O–H groups in total. The highest BCUT2D eigenvalue weighted by atomic mass is 32.2. The van der Waals surface area contributed by atoms with Crippen molar-refractivity contribution in [2.75, 3.05) is 27.7 Å². The fourth-order valence-corrected chi connectivity index (χ4v) is 1.46. The van der Waals surface area contributed by atoms with Crippen LogP contribution in [0.15, 0.2) is 0 Å². The molecule has 104 valence electrons. The lowest BCUT2D eigenvalue weighted by Crippen LogP contribution is -2.55. The van der Waals surface area contributed by atoms with Crippen molar-refractivity contribution in [3.05, 3.63) is 0 Å². The summed E-state index contributed by atoms with van der Waals surface area (Å²) in [6.07, 6.45) is 1.10. The zero-order chi connectivity index (χ0) is 14.3. The summed E-state index contributed by atoms with van der Waals surface area (Å²) in [7, 11) is -0.769. The van der Waals surface area contributed by atoms with Crippen LogP contribution in [0.2, 0.25) is 0 Å². The number of nitrogens with two attached hydrogens (primary N) is 1. The molecule has 0 aromatic rings. The molecule has 0 heterocycles. The monoisotopic (exact) mass is 270 g/mol. The number of esters is 1. The van der Waals surface area contributed by atoms with Crippen LogP contribution in [0, 0.1) is 0 Å². The van der Waals surface area contributed by atoms with E-state index in [9.17, 15) is 13.2 Å². The van der Waals surface area contributed by atoms with Crippen LogP contribution in [0.25, 0.3) is 0 Å². The van der Waals surface area contributed by atoms with Crippen molar-refractivity contribution >= 4 is 16.1 Å². The summed E-state index contributed by atoms with van der Waals surface area (Å²) in [5.74, 6) is -1.03. The highest BCUT2D eigenvalue weighted by Gasteiger charge is 2.49. The molecule has 8 heteroatoms. The summed E-state index contributed by atoms with van der Waals surface area (Å²) in [5.41, 5.74) is 5.03. The first-order valence-corrected chi connectivity index (χ1v) is 6.46. The molecule has 0 aliphatic carbocycles. The Morgan fingerprint density at radius 2 is 1.82 bits per heavy atom. The van der Waals surface area contributed by atoms with Crippen LogP contribution in [-0.4, -0.2) is 56.5 Å². The minimum Gasteiger partial charge on any atom is -0.467 e. The van der Waals surface area contributed by atoms with Gasteiger partial charge in [-0.25, -0.2) is 4.79 Å². The van der Waals surface area contributed by atoms with E-state index < -0.39 is 21.0 Å². The molecule has 0 radical (unpaired) electrons. The second-order valence-corrected chi connectivity index (χ2v) is 5.38. The predicted molar refractivity (Wildman–Crippen MR) is 65.0 cm³/mol. The Bertz CT molecular complexity index is 326. The first kappa shape index (κ1) is 18.7. The Kier molecular flexibility index (Phi) is 8.33. The zero-order valence-electron chi connectivity index (χ0n) is 10.9. The lowest BCUT2D eigenvalue weighted by Gasteiger charge is -2.29. The van der Waals surface area contributed by atoms with Crippen molar-refractivity contribution in [1.82, 2.24) is 4.90 Å². The van der Waals surface area contributed by atoms with Crippen LogP contribution in [0.4, 0.5) is 0 Å². The summed E-state index contributed by atoms with van der Waals surface area (Å²) in [5, 5.41) is 0. The number of ether oxygens (including phenoxy) is 1. The Hall–Kier alpha value is -0.700. The third-order valence-corrected chi connectivity index (χ3v) is 3.74. The Labute approximate surface area is 103 Å². The maximum absolute atomic E-state index is 11.1. The Morgan fingerprint density at radius 1 is 1.47 bits per heavy atom. The molecule has 1 unspecified atom stereocenters. The van der Waals surface area contributed by atoms with E-state index in [1.54, 1.807) is 0 Å². The van der Waals surface area contributed by atoms with Gasteiger partial charge in [-0.2, -0.15) is 8.42 Å². The first-order chi connectivity index (χ1) is 7.59. The molecule has 0 bridgehead atoms. The Morgan fingerprint density at radius 3 is 1.88 bits per heavy atom. The second kappa shape index (κ2) is 7.59. The van der Waals surface area contributed by atoms with Gasteiger partial charge in [0.15, 0.2) is 0 Å². The number of rotatable bonds is 4. The van der Waals surface area contributed by atoms with Crippen LogP contribution >= 0.6 is 0 Å². The summed E-state index contributed by atoms with van der Waals surface area (Å²) >= 11 is 0. The summed E-state index contributed by atoms with van der Waals surface area (Å²) in [6, 6.07) is 0. The molecule has 0 fully saturated rings. The average Bonchev–Trinajstić information content (AvgIpc) is 2.25. The molecule has 0 amide bonds. The molecular formula is C9H22N2O5S. The van der Waals surface area contributed by atoms with Gasteiger partial charge in [-0.15, -0.1) is 0 Å². The van der Waals surface area contributed by atoms with Crippen molar-refractivity contribution in [3.8, 4) is 0 Å². The molecule has 1 atom stereocenters. The number of carbonyl (C=O) groups excluding carboxylic acids is 1. The summed E-state index contributed by atoms with van der Waals surface area (Å²) in [4.78, 5) is 10.1. The maximum Gasteiger partial charge on any atom is 0.344 e. The van der Waals surface area contributed by atoms with E-state index in [0.717, 1.165) is 31.9 Å². The van der Waals surface area contributed by atoms with Gasteiger partial charge in [0.05, 0.1) is 7.11 Å². The topological polar surface area (TPSA) is 110 Å². The summed E-state index contributed by atoms with van der Waals surface area (Å²) < 4.78 is 34.9. The maximum atomic E-state index is 11.1. The quantitative estimate of drug-likeness (QED) is 0.532. The molecule has 7 nitrogen and oxygen atoms in total. The highest BCUT2D eigenvalue weighted by Crippen LogP contribution is 2.19. The second-order valence-electron chi connectivity index (χ2n) is 3.63. The minimum absolute atomic E-state index is 0.819. The number of carbonyl (C=O) groups is 1. The van der Waals surface area contributed by atoms with E-state index in [-0.39, 0.29) is 0 Å². The van der Waals surface area contributed by atoms with Crippen LogP contribution in [0.5, 0.6) is 0 Å². The molecule has 0 rings (SSSR count). The lowest BCUT2D eigenvalue weighted by molar-refractivity contribution is -0.147. The van der Waals surface area contributed by atoms with Crippen molar-refractivity contribution < 1.29 is 22.5 Å². The predicted octanol–water partition coefficient (Wildman–Crippen LogP) is -0.320. The number of likely N-dealkylation sites (N-methyl/N-ethyl adjacent to an activating group) is 1. The van der Waals surface area contributed by atoms with Crippen molar-refractivity contribution in [1.29, 1.82) is 0 Å². The standard InChI is InChI=1S/C6H13NO5S.C3H9N/c1-6(7(2)3,5(8)12-4)13(9,10)11;1-2-3-4/h1-4H3,(H,9,10,11);2-4H2,1H3.